The Balaban J connectivity index is 1.53. The van der Waals surface area contributed by atoms with E-state index in [0.29, 0.717) is 11.7 Å². The maximum atomic E-state index is 11.7. The molecule has 98 valence electrons. The van der Waals surface area contributed by atoms with Gasteiger partial charge in [-0.25, -0.2) is 0 Å². The molecule has 0 aromatic heterocycles. The highest BCUT2D eigenvalue weighted by molar-refractivity contribution is 7.99. The number of carbonyl (C=O) groups excluding carboxylic acids is 1. The first-order valence-corrected chi connectivity index (χ1v) is 7.98. The van der Waals surface area contributed by atoms with Gasteiger partial charge in [0.25, 0.3) is 0 Å². The SMILES string of the molecule is O=C(CCC1CCNC1)NCC1CCCCS1. The highest BCUT2D eigenvalue weighted by Crippen LogP contribution is 2.24. The maximum absolute atomic E-state index is 11.7. The monoisotopic (exact) mass is 256 g/mol. The Morgan fingerprint density at radius 3 is 3.00 bits per heavy atom. The van der Waals surface area contributed by atoms with Crippen LogP contribution >= 0.6 is 11.8 Å². The summed E-state index contributed by atoms with van der Waals surface area (Å²) in [7, 11) is 0. The second-order valence-corrected chi connectivity index (χ2v) is 6.60. The smallest absolute Gasteiger partial charge is 0.220 e. The highest BCUT2D eigenvalue weighted by atomic mass is 32.2. The first-order valence-electron chi connectivity index (χ1n) is 6.93. The highest BCUT2D eigenvalue weighted by Gasteiger charge is 2.17. The molecule has 2 unspecified atom stereocenters. The van der Waals surface area contributed by atoms with Gasteiger partial charge in [-0.05, 0) is 50.4 Å². The first-order chi connectivity index (χ1) is 8.34. The second-order valence-electron chi connectivity index (χ2n) is 5.19. The number of thioether (sulfide) groups is 1. The van der Waals surface area contributed by atoms with Crippen molar-refractivity contribution >= 4 is 17.7 Å². The number of nitrogens with one attached hydrogen (secondary N) is 2. The van der Waals surface area contributed by atoms with Gasteiger partial charge in [0.05, 0.1) is 0 Å². The predicted octanol–water partition coefficient (Wildman–Crippen LogP) is 1.78. The average Bonchev–Trinajstić information content (AvgIpc) is 2.88. The Morgan fingerprint density at radius 1 is 1.35 bits per heavy atom. The summed E-state index contributed by atoms with van der Waals surface area (Å²) in [6.07, 6.45) is 6.97. The average molecular weight is 256 g/mol. The molecule has 2 rings (SSSR count). The van der Waals surface area contributed by atoms with Crippen LogP contribution in [0.2, 0.25) is 0 Å². The summed E-state index contributed by atoms with van der Waals surface area (Å²) in [5.74, 6) is 2.25. The van der Waals surface area contributed by atoms with Crippen LogP contribution in [-0.2, 0) is 4.79 Å². The third-order valence-corrected chi connectivity index (χ3v) is 5.14. The Morgan fingerprint density at radius 2 is 2.29 bits per heavy atom. The molecular weight excluding hydrogens is 232 g/mol. The summed E-state index contributed by atoms with van der Waals surface area (Å²) >= 11 is 2.02. The lowest BCUT2D eigenvalue weighted by atomic mass is 10.0. The molecule has 0 saturated carbocycles. The minimum atomic E-state index is 0.253. The van der Waals surface area contributed by atoms with Crippen LogP contribution in [0, 0.1) is 5.92 Å². The van der Waals surface area contributed by atoms with E-state index in [4.69, 9.17) is 0 Å². The van der Waals surface area contributed by atoms with Crippen LogP contribution in [0.1, 0.15) is 38.5 Å². The molecule has 2 saturated heterocycles. The summed E-state index contributed by atoms with van der Waals surface area (Å²) in [5, 5.41) is 7.11. The molecular formula is C13H24N2OS. The van der Waals surface area contributed by atoms with E-state index in [0.717, 1.165) is 32.0 Å². The van der Waals surface area contributed by atoms with Gasteiger partial charge in [-0.15, -0.1) is 0 Å². The molecule has 0 aliphatic carbocycles. The van der Waals surface area contributed by atoms with Crippen LogP contribution in [0.4, 0.5) is 0 Å². The topological polar surface area (TPSA) is 41.1 Å². The predicted molar refractivity (Wildman–Crippen MR) is 73.3 cm³/mol. The fourth-order valence-electron chi connectivity index (χ4n) is 2.58. The third-order valence-electron chi connectivity index (χ3n) is 3.74. The standard InChI is InChI=1S/C13H24N2OS/c16-13(5-4-11-6-7-14-9-11)15-10-12-3-1-2-8-17-12/h11-12,14H,1-10H2,(H,15,16). The van der Waals surface area contributed by atoms with Crippen molar-refractivity contribution in [3.63, 3.8) is 0 Å². The van der Waals surface area contributed by atoms with Crippen LogP contribution in [-0.4, -0.2) is 36.5 Å². The number of carbonyl (C=O) groups is 1. The van der Waals surface area contributed by atoms with Crippen molar-refractivity contribution in [1.82, 2.24) is 10.6 Å². The molecule has 17 heavy (non-hydrogen) atoms. The Kier molecular flexibility index (Phi) is 5.65. The van der Waals surface area contributed by atoms with Crippen molar-refractivity contribution < 1.29 is 4.79 Å². The van der Waals surface area contributed by atoms with E-state index in [1.807, 2.05) is 11.8 Å². The zero-order chi connectivity index (χ0) is 11.9. The van der Waals surface area contributed by atoms with Crippen molar-refractivity contribution in [2.75, 3.05) is 25.4 Å². The van der Waals surface area contributed by atoms with Crippen molar-refractivity contribution in [3.8, 4) is 0 Å². The Labute approximate surface area is 108 Å². The minimum absolute atomic E-state index is 0.253. The van der Waals surface area contributed by atoms with Gasteiger partial charge in [-0.1, -0.05) is 6.42 Å². The number of hydrogen-bond acceptors (Lipinski definition) is 3. The lowest BCUT2D eigenvalue weighted by molar-refractivity contribution is -0.121. The van der Waals surface area contributed by atoms with Crippen molar-refractivity contribution in [2.45, 2.75) is 43.8 Å². The van der Waals surface area contributed by atoms with Crippen molar-refractivity contribution in [2.24, 2.45) is 5.92 Å². The molecule has 0 spiro atoms. The molecule has 2 aliphatic rings. The van der Waals surface area contributed by atoms with Gasteiger partial charge in [0, 0.05) is 18.2 Å². The molecule has 1 amide bonds. The van der Waals surface area contributed by atoms with Crippen LogP contribution in [0.25, 0.3) is 0 Å². The van der Waals surface area contributed by atoms with E-state index < -0.39 is 0 Å². The zero-order valence-corrected chi connectivity index (χ0v) is 11.4. The molecule has 0 aromatic carbocycles. The summed E-state index contributed by atoms with van der Waals surface area (Å²) < 4.78 is 0. The van der Waals surface area contributed by atoms with E-state index in [1.165, 1.54) is 31.4 Å². The quantitative estimate of drug-likeness (QED) is 0.788. The van der Waals surface area contributed by atoms with Crippen LogP contribution in [0.3, 0.4) is 0 Å². The molecule has 0 aromatic rings. The van der Waals surface area contributed by atoms with Gasteiger partial charge in [-0.2, -0.15) is 11.8 Å². The summed E-state index contributed by atoms with van der Waals surface area (Å²) in [6, 6.07) is 0. The summed E-state index contributed by atoms with van der Waals surface area (Å²) in [4.78, 5) is 11.7. The molecule has 4 heteroatoms. The van der Waals surface area contributed by atoms with Gasteiger partial charge in [-0.3, -0.25) is 4.79 Å². The van der Waals surface area contributed by atoms with Crippen molar-refractivity contribution in [1.29, 1.82) is 0 Å². The lowest BCUT2D eigenvalue weighted by Crippen LogP contribution is -2.32. The van der Waals surface area contributed by atoms with Crippen LogP contribution < -0.4 is 10.6 Å². The van der Waals surface area contributed by atoms with Gasteiger partial charge in [0.1, 0.15) is 0 Å². The second kappa shape index (κ2) is 7.27. The number of amides is 1. The molecule has 2 atom stereocenters. The summed E-state index contributed by atoms with van der Waals surface area (Å²) in [6.45, 7) is 3.11. The lowest BCUT2D eigenvalue weighted by Gasteiger charge is -2.21. The molecule has 2 aliphatic heterocycles. The van der Waals surface area contributed by atoms with E-state index in [1.54, 1.807) is 0 Å². The minimum Gasteiger partial charge on any atom is -0.355 e. The Hall–Kier alpha value is -0.220. The fourth-order valence-corrected chi connectivity index (χ4v) is 3.82. The molecule has 2 N–H and O–H groups in total. The van der Waals surface area contributed by atoms with E-state index in [9.17, 15) is 4.79 Å². The van der Waals surface area contributed by atoms with Crippen LogP contribution in [0.15, 0.2) is 0 Å². The van der Waals surface area contributed by atoms with Gasteiger partial charge in [0.2, 0.25) is 5.91 Å². The Bertz CT molecular complexity index is 236. The first kappa shape index (κ1) is 13.2. The number of rotatable bonds is 5. The molecule has 0 radical (unpaired) electrons. The van der Waals surface area contributed by atoms with Gasteiger partial charge >= 0.3 is 0 Å². The molecule has 2 heterocycles. The fraction of sp³-hybridized carbons (Fsp3) is 0.923. The maximum Gasteiger partial charge on any atom is 0.220 e. The number of hydrogen-bond donors (Lipinski definition) is 2. The molecule has 2 fully saturated rings. The third kappa shape index (κ3) is 4.88. The largest absolute Gasteiger partial charge is 0.355 e. The normalized spacial score (nSPS) is 29.2. The van der Waals surface area contributed by atoms with Crippen LogP contribution in [0.5, 0.6) is 0 Å². The van der Waals surface area contributed by atoms with E-state index >= 15 is 0 Å². The molecule has 0 bridgehead atoms. The van der Waals surface area contributed by atoms with Gasteiger partial charge < -0.3 is 10.6 Å². The van der Waals surface area contributed by atoms with E-state index in [-0.39, 0.29) is 5.91 Å². The summed E-state index contributed by atoms with van der Waals surface area (Å²) in [5.41, 5.74) is 0. The van der Waals surface area contributed by atoms with Gasteiger partial charge in [0.15, 0.2) is 0 Å². The zero-order valence-electron chi connectivity index (χ0n) is 10.5. The van der Waals surface area contributed by atoms with Crippen molar-refractivity contribution in [3.05, 3.63) is 0 Å². The van der Waals surface area contributed by atoms with E-state index in [2.05, 4.69) is 10.6 Å². The molecule has 3 nitrogen and oxygen atoms in total.